The van der Waals surface area contributed by atoms with Gasteiger partial charge in [-0.3, -0.25) is 4.79 Å². The second-order valence-corrected chi connectivity index (χ2v) is 7.27. The Morgan fingerprint density at radius 3 is 2.43 bits per heavy atom. The molecular weight excluding hydrogens is 262 g/mol. The molecule has 0 unspecified atom stereocenters. The van der Waals surface area contributed by atoms with Gasteiger partial charge >= 0.3 is 0 Å². The molecule has 1 heterocycles. The van der Waals surface area contributed by atoms with Crippen LogP contribution in [0.5, 0.6) is 0 Å². The van der Waals surface area contributed by atoms with Crippen LogP contribution in [0.15, 0.2) is 10.9 Å². The van der Waals surface area contributed by atoms with Crippen molar-refractivity contribution in [2.24, 2.45) is 0 Å². The number of hydrogen-bond donors (Lipinski definition) is 2. The Morgan fingerprint density at radius 2 is 1.81 bits per heavy atom. The topological polar surface area (TPSA) is 57.8 Å². The summed E-state index contributed by atoms with van der Waals surface area (Å²) in [7, 11) is 0. The van der Waals surface area contributed by atoms with Gasteiger partial charge in [0.2, 0.25) is 0 Å². The third-order valence-electron chi connectivity index (χ3n) is 4.10. The summed E-state index contributed by atoms with van der Waals surface area (Å²) >= 11 is 0. The second kappa shape index (κ2) is 7.21. The molecule has 0 bridgehead atoms. The molecule has 21 heavy (non-hydrogen) atoms. The Kier molecular flexibility index (Phi) is 5.57. The molecule has 0 aliphatic heterocycles. The highest BCUT2D eigenvalue weighted by atomic mass is 16.1. The number of aromatic nitrogens is 2. The number of rotatable bonds is 3. The van der Waals surface area contributed by atoms with Gasteiger partial charge in [0.05, 0.1) is 5.69 Å². The summed E-state index contributed by atoms with van der Waals surface area (Å²) in [5.74, 6) is 1.32. The van der Waals surface area contributed by atoms with Crippen molar-refractivity contribution in [2.75, 3.05) is 0 Å². The van der Waals surface area contributed by atoms with Crippen LogP contribution in [-0.2, 0) is 6.54 Å². The van der Waals surface area contributed by atoms with Crippen LogP contribution < -0.4 is 10.9 Å². The van der Waals surface area contributed by atoms with Crippen LogP contribution in [0.4, 0.5) is 0 Å². The molecule has 0 saturated heterocycles. The summed E-state index contributed by atoms with van der Waals surface area (Å²) in [5, 5.41) is 3.40. The fraction of sp³-hybridized carbons (Fsp3) is 0.765. The SMILES string of the molecule is CC(C)(C)NCc1cc(=O)[nH]c(C2CCCCCCC2)n1. The van der Waals surface area contributed by atoms with Gasteiger partial charge in [-0.2, -0.15) is 0 Å². The van der Waals surface area contributed by atoms with Crippen LogP contribution in [0, 0.1) is 0 Å². The first-order valence-corrected chi connectivity index (χ1v) is 8.29. The monoisotopic (exact) mass is 291 g/mol. The summed E-state index contributed by atoms with van der Waals surface area (Å²) in [6.07, 6.45) is 8.78. The molecule has 0 aromatic carbocycles. The maximum atomic E-state index is 11.9. The fourth-order valence-corrected chi connectivity index (χ4v) is 2.90. The molecule has 0 atom stereocenters. The van der Waals surface area contributed by atoms with E-state index in [1.54, 1.807) is 6.07 Å². The highest BCUT2D eigenvalue weighted by molar-refractivity contribution is 5.06. The molecule has 1 aromatic heterocycles. The van der Waals surface area contributed by atoms with E-state index in [4.69, 9.17) is 4.98 Å². The Morgan fingerprint density at radius 1 is 1.19 bits per heavy atom. The summed E-state index contributed by atoms with van der Waals surface area (Å²) in [6.45, 7) is 7.01. The molecule has 1 fully saturated rings. The zero-order valence-corrected chi connectivity index (χ0v) is 13.7. The Bertz CT molecular complexity index is 493. The average Bonchev–Trinajstić information content (AvgIpc) is 2.34. The van der Waals surface area contributed by atoms with Crippen molar-refractivity contribution in [3.05, 3.63) is 27.9 Å². The number of hydrogen-bond acceptors (Lipinski definition) is 3. The molecule has 4 nitrogen and oxygen atoms in total. The Hall–Kier alpha value is -1.16. The molecule has 0 spiro atoms. The standard InChI is InChI=1S/C17H29N3O/c1-17(2,3)18-12-14-11-15(21)20-16(19-14)13-9-7-5-4-6-8-10-13/h11,13,18H,4-10,12H2,1-3H3,(H,19,20,21). The smallest absolute Gasteiger partial charge is 0.251 e. The number of H-pyrrole nitrogens is 1. The van der Waals surface area contributed by atoms with E-state index in [-0.39, 0.29) is 11.1 Å². The molecule has 1 aromatic rings. The summed E-state index contributed by atoms with van der Waals surface area (Å²) in [5.41, 5.74) is 0.864. The van der Waals surface area contributed by atoms with Crippen LogP contribution in [0.25, 0.3) is 0 Å². The van der Waals surface area contributed by atoms with E-state index in [1.165, 1.54) is 32.1 Å². The van der Waals surface area contributed by atoms with Gasteiger partial charge in [0.15, 0.2) is 0 Å². The predicted octanol–water partition coefficient (Wildman–Crippen LogP) is 3.49. The zero-order chi connectivity index (χ0) is 15.3. The molecule has 1 aliphatic carbocycles. The second-order valence-electron chi connectivity index (χ2n) is 7.27. The lowest BCUT2D eigenvalue weighted by Crippen LogP contribution is -2.35. The van der Waals surface area contributed by atoms with Crippen LogP contribution in [-0.4, -0.2) is 15.5 Å². The summed E-state index contributed by atoms with van der Waals surface area (Å²) < 4.78 is 0. The molecule has 1 saturated carbocycles. The van der Waals surface area contributed by atoms with Crippen molar-refractivity contribution < 1.29 is 0 Å². The molecular formula is C17H29N3O. The fourth-order valence-electron chi connectivity index (χ4n) is 2.90. The third-order valence-corrected chi connectivity index (χ3v) is 4.10. The van der Waals surface area contributed by atoms with Gasteiger partial charge < -0.3 is 10.3 Å². The summed E-state index contributed by atoms with van der Waals surface area (Å²) in [6, 6.07) is 1.62. The minimum absolute atomic E-state index is 0.0206. The van der Waals surface area contributed by atoms with Crippen LogP contribution in [0.1, 0.15) is 83.2 Å². The van der Waals surface area contributed by atoms with E-state index in [9.17, 15) is 4.79 Å². The van der Waals surface area contributed by atoms with Gasteiger partial charge in [-0.15, -0.1) is 0 Å². The van der Waals surface area contributed by atoms with E-state index in [0.29, 0.717) is 12.5 Å². The predicted molar refractivity (Wildman–Crippen MR) is 86.5 cm³/mol. The lowest BCUT2D eigenvalue weighted by molar-refractivity contribution is 0.416. The van der Waals surface area contributed by atoms with Crippen molar-refractivity contribution in [1.82, 2.24) is 15.3 Å². The maximum Gasteiger partial charge on any atom is 0.251 e. The van der Waals surface area contributed by atoms with Crippen LogP contribution in [0.2, 0.25) is 0 Å². The van der Waals surface area contributed by atoms with Gasteiger partial charge in [-0.05, 0) is 33.6 Å². The largest absolute Gasteiger partial charge is 0.310 e. The molecule has 1 aliphatic rings. The number of aromatic amines is 1. The first kappa shape index (κ1) is 16.2. The van der Waals surface area contributed by atoms with Gasteiger partial charge in [-0.25, -0.2) is 4.98 Å². The molecule has 0 amide bonds. The number of nitrogens with one attached hydrogen (secondary N) is 2. The highest BCUT2D eigenvalue weighted by Gasteiger charge is 2.17. The van der Waals surface area contributed by atoms with E-state index in [2.05, 4.69) is 31.1 Å². The van der Waals surface area contributed by atoms with Crippen LogP contribution >= 0.6 is 0 Å². The van der Waals surface area contributed by atoms with E-state index in [1.807, 2.05) is 0 Å². The quantitative estimate of drug-likeness (QED) is 0.896. The minimum atomic E-state index is -0.0206. The van der Waals surface area contributed by atoms with Crippen molar-refractivity contribution >= 4 is 0 Å². The maximum absolute atomic E-state index is 11.9. The first-order valence-electron chi connectivity index (χ1n) is 8.29. The first-order chi connectivity index (χ1) is 9.94. The highest BCUT2D eigenvalue weighted by Crippen LogP contribution is 2.28. The normalized spacial score (nSPS) is 18.2. The summed E-state index contributed by atoms with van der Waals surface area (Å²) in [4.78, 5) is 19.6. The van der Waals surface area contributed by atoms with Crippen molar-refractivity contribution in [3.8, 4) is 0 Å². The molecule has 0 radical (unpaired) electrons. The van der Waals surface area contributed by atoms with E-state index < -0.39 is 0 Å². The minimum Gasteiger partial charge on any atom is -0.310 e. The van der Waals surface area contributed by atoms with Gasteiger partial charge in [-0.1, -0.05) is 32.1 Å². The molecule has 2 rings (SSSR count). The average molecular weight is 291 g/mol. The molecule has 118 valence electrons. The van der Waals surface area contributed by atoms with Crippen molar-refractivity contribution in [2.45, 2.75) is 83.7 Å². The van der Waals surface area contributed by atoms with Crippen LogP contribution in [0.3, 0.4) is 0 Å². The number of nitrogens with zero attached hydrogens (tertiary/aromatic N) is 1. The zero-order valence-electron chi connectivity index (χ0n) is 13.7. The Labute approximate surface area is 127 Å². The lowest BCUT2D eigenvalue weighted by Gasteiger charge is -2.21. The van der Waals surface area contributed by atoms with Gasteiger partial charge in [0.1, 0.15) is 5.82 Å². The van der Waals surface area contributed by atoms with Gasteiger partial charge in [0.25, 0.3) is 5.56 Å². The van der Waals surface area contributed by atoms with E-state index >= 15 is 0 Å². The van der Waals surface area contributed by atoms with Crippen molar-refractivity contribution in [1.29, 1.82) is 0 Å². The van der Waals surface area contributed by atoms with Gasteiger partial charge in [0, 0.05) is 24.1 Å². The Balaban J connectivity index is 2.11. The van der Waals surface area contributed by atoms with Crippen molar-refractivity contribution in [3.63, 3.8) is 0 Å². The lowest BCUT2D eigenvalue weighted by atomic mass is 9.90. The third kappa shape index (κ3) is 5.62. The van der Waals surface area contributed by atoms with E-state index in [0.717, 1.165) is 24.4 Å². The molecule has 4 heteroatoms. The molecule has 2 N–H and O–H groups in total.